The minimum Gasteiger partial charge on any atom is -0.478 e. The quantitative estimate of drug-likeness (QED) is 0.453. The predicted molar refractivity (Wildman–Crippen MR) is 126 cm³/mol. The molecule has 3 rings (SSSR count). The maximum Gasteiger partial charge on any atom is 0.335 e. The molecule has 0 amide bonds. The first-order chi connectivity index (χ1) is 14.3. The summed E-state index contributed by atoms with van der Waals surface area (Å²) >= 11 is 0. The zero-order valence-corrected chi connectivity index (χ0v) is 18.9. The Balaban J connectivity index is 1.88. The first-order valence-corrected chi connectivity index (χ1v) is 11.5. The lowest BCUT2D eigenvalue weighted by atomic mass is 9.68. The molecule has 0 radical (unpaired) electrons. The number of hydrogen-bond donors (Lipinski definition) is 1. The molecule has 2 unspecified atom stereocenters. The predicted octanol–water partition coefficient (Wildman–Crippen LogP) is 7.94. The fraction of sp³-hybridized carbons (Fsp3) is 0.464. The molecule has 0 fully saturated rings. The molecule has 1 aliphatic carbocycles. The lowest BCUT2D eigenvalue weighted by Gasteiger charge is -2.36. The van der Waals surface area contributed by atoms with Crippen LogP contribution in [0.2, 0.25) is 0 Å². The Morgan fingerprint density at radius 2 is 1.90 bits per heavy atom. The zero-order chi connectivity index (χ0) is 21.7. The van der Waals surface area contributed by atoms with Crippen molar-refractivity contribution >= 4 is 12.0 Å². The van der Waals surface area contributed by atoms with Crippen LogP contribution in [0.1, 0.15) is 111 Å². The SMILES string of the molecule is CCCCCC(/C=C/c1ccc(C(=O)O)cc1)c1ccc2c(c1)C(C)CCC2(C)C. The van der Waals surface area contributed by atoms with Gasteiger partial charge in [0.25, 0.3) is 0 Å². The van der Waals surface area contributed by atoms with Gasteiger partial charge in [-0.25, -0.2) is 4.79 Å². The molecule has 2 aromatic rings. The van der Waals surface area contributed by atoms with Gasteiger partial charge in [-0.15, -0.1) is 0 Å². The molecule has 1 aliphatic rings. The Hall–Kier alpha value is -2.35. The van der Waals surface area contributed by atoms with E-state index >= 15 is 0 Å². The van der Waals surface area contributed by atoms with Gasteiger partial charge < -0.3 is 5.11 Å². The van der Waals surface area contributed by atoms with Crippen molar-refractivity contribution in [2.24, 2.45) is 0 Å². The van der Waals surface area contributed by atoms with Crippen molar-refractivity contribution in [2.75, 3.05) is 0 Å². The van der Waals surface area contributed by atoms with E-state index in [0.29, 0.717) is 17.4 Å². The highest BCUT2D eigenvalue weighted by Gasteiger charge is 2.31. The van der Waals surface area contributed by atoms with Crippen LogP contribution < -0.4 is 0 Å². The van der Waals surface area contributed by atoms with Crippen molar-refractivity contribution in [1.29, 1.82) is 0 Å². The van der Waals surface area contributed by atoms with Gasteiger partial charge in [0, 0.05) is 5.92 Å². The minimum absolute atomic E-state index is 0.264. The summed E-state index contributed by atoms with van der Waals surface area (Å²) in [4.78, 5) is 11.1. The lowest BCUT2D eigenvalue weighted by molar-refractivity contribution is 0.0697. The van der Waals surface area contributed by atoms with Crippen molar-refractivity contribution in [3.05, 3.63) is 76.4 Å². The van der Waals surface area contributed by atoms with Crippen LogP contribution in [0.25, 0.3) is 6.08 Å². The third-order valence-electron chi connectivity index (χ3n) is 6.76. The van der Waals surface area contributed by atoms with E-state index in [0.717, 1.165) is 12.0 Å². The molecule has 0 aliphatic heterocycles. The lowest BCUT2D eigenvalue weighted by Crippen LogP contribution is -2.25. The van der Waals surface area contributed by atoms with Crippen LogP contribution in [0, 0.1) is 0 Å². The number of fused-ring (bicyclic) bond motifs is 1. The molecule has 0 heterocycles. The largest absolute Gasteiger partial charge is 0.478 e. The Morgan fingerprint density at radius 3 is 2.57 bits per heavy atom. The minimum atomic E-state index is -0.880. The Labute approximate surface area is 182 Å². The average Bonchev–Trinajstić information content (AvgIpc) is 2.73. The van der Waals surface area contributed by atoms with E-state index in [1.54, 1.807) is 12.1 Å². The Kier molecular flexibility index (Phi) is 7.18. The first kappa shape index (κ1) is 22.3. The summed E-state index contributed by atoms with van der Waals surface area (Å²) in [6.45, 7) is 9.36. The van der Waals surface area contributed by atoms with Crippen molar-refractivity contribution in [3.8, 4) is 0 Å². The van der Waals surface area contributed by atoms with Gasteiger partial charge in [-0.3, -0.25) is 0 Å². The van der Waals surface area contributed by atoms with E-state index in [4.69, 9.17) is 5.11 Å². The highest BCUT2D eigenvalue weighted by Crippen LogP contribution is 2.43. The molecule has 2 atom stereocenters. The van der Waals surface area contributed by atoms with Gasteiger partial charge in [0.15, 0.2) is 0 Å². The number of carboxylic acid groups (broad SMARTS) is 1. The maximum absolute atomic E-state index is 11.1. The Bertz CT molecular complexity index is 889. The third-order valence-corrected chi connectivity index (χ3v) is 6.76. The number of benzene rings is 2. The third kappa shape index (κ3) is 5.22. The second kappa shape index (κ2) is 9.64. The number of unbranched alkanes of at least 4 members (excludes halogenated alkanes) is 2. The van der Waals surface area contributed by atoms with Crippen molar-refractivity contribution in [1.82, 2.24) is 0 Å². The van der Waals surface area contributed by atoms with E-state index in [2.05, 4.69) is 58.0 Å². The average molecular weight is 405 g/mol. The van der Waals surface area contributed by atoms with Crippen LogP contribution in [-0.4, -0.2) is 11.1 Å². The standard InChI is InChI=1S/C28H36O2/c1-5-6-7-8-22(12-9-21-10-13-23(14-11-21)27(29)30)24-15-16-26-25(19-24)20(2)17-18-28(26,3)4/h9-16,19-20,22H,5-8,17-18H2,1-4H3,(H,29,30)/b12-9+. The van der Waals surface area contributed by atoms with Crippen LogP contribution in [0.5, 0.6) is 0 Å². The van der Waals surface area contributed by atoms with Crippen LogP contribution in [0.15, 0.2) is 48.5 Å². The molecule has 2 heteroatoms. The molecule has 0 aromatic heterocycles. The van der Waals surface area contributed by atoms with Crippen molar-refractivity contribution in [3.63, 3.8) is 0 Å². The molecule has 30 heavy (non-hydrogen) atoms. The molecule has 0 spiro atoms. The first-order valence-electron chi connectivity index (χ1n) is 11.5. The summed E-state index contributed by atoms with van der Waals surface area (Å²) in [6.07, 6.45) is 11.8. The summed E-state index contributed by atoms with van der Waals surface area (Å²) in [5.74, 6) is 0.129. The van der Waals surface area contributed by atoms with Gasteiger partial charge in [0.1, 0.15) is 0 Å². The van der Waals surface area contributed by atoms with Gasteiger partial charge in [-0.1, -0.05) is 89.4 Å². The highest BCUT2D eigenvalue weighted by atomic mass is 16.4. The van der Waals surface area contributed by atoms with Crippen LogP contribution >= 0.6 is 0 Å². The summed E-state index contributed by atoms with van der Waals surface area (Å²) in [5.41, 5.74) is 6.10. The summed E-state index contributed by atoms with van der Waals surface area (Å²) in [6, 6.07) is 14.3. The van der Waals surface area contributed by atoms with Gasteiger partial charge in [0.2, 0.25) is 0 Å². The smallest absolute Gasteiger partial charge is 0.335 e. The second-order valence-corrected chi connectivity index (χ2v) is 9.56. The van der Waals surface area contributed by atoms with Crippen molar-refractivity contribution in [2.45, 2.75) is 83.5 Å². The number of aromatic carboxylic acids is 1. The van der Waals surface area contributed by atoms with Crippen LogP contribution in [0.3, 0.4) is 0 Å². The molecule has 0 bridgehead atoms. The van der Waals surface area contributed by atoms with E-state index in [1.807, 2.05) is 12.1 Å². The number of hydrogen-bond acceptors (Lipinski definition) is 1. The molecule has 1 N–H and O–H groups in total. The van der Waals surface area contributed by atoms with E-state index in [9.17, 15) is 4.79 Å². The molecular formula is C28H36O2. The highest BCUT2D eigenvalue weighted by molar-refractivity contribution is 5.87. The summed E-state index contributed by atoms with van der Waals surface area (Å²) in [5, 5.41) is 9.10. The van der Waals surface area contributed by atoms with Gasteiger partial charge in [-0.2, -0.15) is 0 Å². The fourth-order valence-electron chi connectivity index (χ4n) is 4.66. The monoisotopic (exact) mass is 404 g/mol. The summed E-state index contributed by atoms with van der Waals surface area (Å²) in [7, 11) is 0. The van der Waals surface area contributed by atoms with Gasteiger partial charge >= 0.3 is 5.97 Å². The Morgan fingerprint density at radius 1 is 1.17 bits per heavy atom. The van der Waals surface area contributed by atoms with Gasteiger partial charge in [0.05, 0.1) is 5.56 Å². The zero-order valence-electron chi connectivity index (χ0n) is 18.9. The van der Waals surface area contributed by atoms with Gasteiger partial charge in [-0.05, 0) is 65.0 Å². The van der Waals surface area contributed by atoms with Crippen LogP contribution in [0.4, 0.5) is 0 Å². The normalized spacial score (nSPS) is 18.9. The van der Waals surface area contributed by atoms with Crippen LogP contribution in [-0.2, 0) is 5.41 Å². The van der Waals surface area contributed by atoms with E-state index in [-0.39, 0.29) is 5.41 Å². The molecule has 0 saturated carbocycles. The molecular weight excluding hydrogens is 368 g/mol. The fourth-order valence-corrected chi connectivity index (χ4v) is 4.66. The topological polar surface area (TPSA) is 37.3 Å². The molecule has 2 aromatic carbocycles. The van der Waals surface area contributed by atoms with E-state index in [1.165, 1.54) is 48.8 Å². The second-order valence-electron chi connectivity index (χ2n) is 9.56. The number of rotatable bonds is 8. The maximum atomic E-state index is 11.1. The molecule has 160 valence electrons. The summed E-state index contributed by atoms with van der Waals surface area (Å²) < 4.78 is 0. The van der Waals surface area contributed by atoms with E-state index < -0.39 is 5.97 Å². The van der Waals surface area contributed by atoms with Crippen molar-refractivity contribution < 1.29 is 9.90 Å². The molecule has 2 nitrogen and oxygen atoms in total. The number of carbonyl (C=O) groups is 1. The number of carboxylic acids is 1. The number of allylic oxidation sites excluding steroid dienone is 1. The molecule has 0 saturated heterocycles.